The summed E-state index contributed by atoms with van der Waals surface area (Å²) in [7, 11) is 0. The number of nitrogens with zero attached hydrogens (tertiary/aromatic N) is 2. The van der Waals surface area contributed by atoms with Crippen LogP contribution in [0.1, 0.15) is 11.8 Å². The molecular weight excluding hydrogens is 190 g/mol. The van der Waals surface area contributed by atoms with Crippen molar-refractivity contribution in [3.8, 4) is 5.75 Å². The minimum absolute atomic E-state index is 0.0179. The van der Waals surface area contributed by atoms with E-state index in [2.05, 4.69) is 4.98 Å². The summed E-state index contributed by atoms with van der Waals surface area (Å²) >= 11 is 0. The lowest BCUT2D eigenvalue weighted by Gasteiger charge is -2.10. The Morgan fingerprint density at radius 1 is 1.47 bits per heavy atom. The molecule has 4 heteroatoms. The van der Waals surface area contributed by atoms with E-state index in [0.29, 0.717) is 0 Å². The second-order valence-corrected chi connectivity index (χ2v) is 3.65. The number of nitrogen functional groups attached to an aromatic ring is 1. The topological polar surface area (TPSA) is 53.1 Å². The molecule has 1 aliphatic rings. The maximum atomic E-state index is 5.77. The van der Waals surface area contributed by atoms with Crippen LogP contribution in [0.15, 0.2) is 36.9 Å². The average Bonchev–Trinajstić information content (AvgIpc) is 2.84. The molecule has 2 heterocycles. The normalized spacial score (nSPS) is 18.5. The van der Waals surface area contributed by atoms with Crippen molar-refractivity contribution in [3.63, 3.8) is 0 Å². The molecule has 0 radical (unpaired) electrons. The van der Waals surface area contributed by atoms with Crippen molar-refractivity contribution in [2.75, 3.05) is 5.73 Å². The number of fused-ring (bicyclic) bond motifs is 1. The van der Waals surface area contributed by atoms with Crippen molar-refractivity contribution in [1.82, 2.24) is 9.55 Å². The molecule has 3 rings (SSSR count). The van der Waals surface area contributed by atoms with Gasteiger partial charge in [0.05, 0.1) is 6.33 Å². The third-order valence-corrected chi connectivity index (χ3v) is 2.60. The summed E-state index contributed by atoms with van der Waals surface area (Å²) in [6.07, 6.45) is 6.28. The first-order valence-electron chi connectivity index (χ1n) is 4.85. The van der Waals surface area contributed by atoms with Crippen molar-refractivity contribution in [3.05, 3.63) is 42.5 Å². The highest BCUT2D eigenvalue weighted by molar-refractivity contribution is 5.49. The number of nitrogens with two attached hydrogens (primary N) is 1. The zero-order chi connectivity index (χ0) is 10.3. The van der Waals surface area contributed by atoms with Gasteiger partial charge in [0.15, 0.2) is 6.23 Å². The minimum Gasteiger partial charge on any atom is -0.470 e. The quantitative estimate of drug-likeness (QED) is 0.713. The van der Waals surface area contributed by atoms with Gasteiger partial charge < -0.3 is 15.0 Å². The van der Waals surface area contributed by atoms with Gasteiger partial charge in [0.25, 0.3) is 0 Å². The number of imidazole rings is 1. The van der Waals surface area contributed by atoms with Crippen molar-refractivity contribution in [2.45, 2.75) is 12.6 Å². The van der Waals surface area contributed by atoms with Crippen LogP contribution in [-0.2, 0) is 6.42 Å². The molecule has 76 valence electrons. The summed E-state index contributed by atoms with van der Waals surface area (Å²) < 4.78 is 7.73. The number of anilines is 1. The van der Waals surface area contributed by atoms with Crippen LogP contribution in [0.2, 0.25) is 0 Å². The van der Waals surface area contributed by atoms with E-state index in [-0.39, 0.29) is 6.23 Å². The highest BCUT2D eigenvalue weighted by Crippen LogP contribution is 2.34. The van der Waals surface area contributed by atoms with E-state index in [1.807, 2.05) is 29.0 Å². The third kappa shape index (κ3) is 1.34. The van der Waals surface area contributed by atoms with Gasteiger partial charge in [-0.15, -0.1) is 0 Å². The van der Waals surface area contributed by atoms with Crippen molar-refractivity contribution >= 4 is 5.69 Å². The molecule has 1 aromatic carbocycles. The molecule has 4 nitrogen and oxygen atoms in total. The Morgan fingerprint density at radius 2 is 2.40 bits per heavy atom. The van der Waals surface area contributed by atoms with Crippen LogP contribution in [0.5, 0.6) is 5.75 Å². The van der Waals surface area contributed by atoms with Gasteiger partial charge in [-0.3, -0.25) is 0 Å². The van der Waals surface area contributed by atoms with Crippen LogP contribution < -0.4 is 10.5 Å². The lowest BCUT2D eigenvalue weighted by Crippen LogP contribution is -2.10. The van der Waals surface area contributed by atoms with Crippen LogP contribution >= 0.6 is 0 Å². The second-order valence-electron chi connectivity index (χ2n) is 3.65. The van der Waals surface area contributed by atoms with Gasteiger partial charge in [-0.25, -0.2) is 4.98 Å². The van der Waals surface area contributed by atoms with Crippen molar-refractivity contribution in [1.29, 1.82) is 0 Å². The molecule has 0 amide bonds. The number of rotatable bonds is 1. The third-order valence-electron chi connectivity index (χ3n) is 2.60. The summed E-state index contributed by atoms with van der Waals surface area (Å²) in [4.78, 5) is 4.01. The molecular formula is C11H11N3O. The molecule has 1 aliphatic heterocycles. The number of hydrogen-bond donors (Lipinski definition) is 1. The number of ether oxygens (including phenoxy) is 1. The van der Waals surface area contributed by atoms with E-state index in [1.54, 1.807) is 12.5 Å². The molecule has 1 aromatic heterocycles. The van der Waals surface area contributed by atoms with Gasteiger partial charge in [-0.1, -0.05) is 0 Å². The van der Waals surface area contributed by atoms with E-state index < -0.39 is 0 Å². The standard InChI is InChI=1S/C11H11N3O/c12-9-1-2-10-8(5-9)6-11(15-10)14-4-3-13-7-14/h1-5,7,11H,6,12H2. The number of aromatic nitrogens is 2. The second kappa shape index (κ2) is 3.02. The van der Waals surface area contributed by atoms with Crippen molar-refractivity contribution in [2.24, 2.45) is 0 Å². The lowest BCUT2D eigenvalue weighted by atomic mass is 10.1. The van der Waals surface area contributed by atoms with Gasteiger partial charge in [-0.2, -0.15) is 0 Å². The Kier molecular flexibility index (Phi) is 1.68. The van der Waals surface area contributed by atoms with Crippen LogP contribution in [0.25, 0.3) is 0 Å². The predicted octanol–water partition coefficient (Wildman–Crippen LogP) is 1.60. The van der Waals surface area contributed by atoms with E-state index in [1.165, 1.54) is 0 Å². The van der Waals surface area contributed by atoms with Crippen molar-refractivity contribution < 1.29 is 4.74 Å². The summed E-state index contributed by atoms with van der Waals surface area (Å²) in [5.41, 5.74) is 7.66. The smallest absolute Gasteiger partial charge is 0.181 e. The van der Waals surface area contributed by atoms with Gasteiger partial charge in [0, 0.05) is 30.1 Å². The molecule has 1 unspecified atom stereocenters. The maximum Gasteiger partial charge on any atom is 0.181 e. The SMILES string of the molecule is Nc1ccc2c(c1)CC(n1ccnc1)O2. The van der Waals surface area contributed by atoms with Gasteiger partial charge in [0.1, 0.15) is 5.75 Å². The fraction of sp³-hybridized carbons (Fsp3) is 0.182. The highest BCUT2D eigenvalue weighted by atomic mass is 16.5. The first kappa shape index (κ1) is 8.35. The van der Waals surface area contributed by atoms with E-state index in [4.69, 9.17) is 10.5 Å². The molecule has 2 N–H and O–H groups in total. The number of benzene rings is 1. The average molecular weight is 201 g/mol. The Hall–Kier alpha value is -1.97. The number of hydrogen-bond acceptors (Lipinski definition) is 3. The zero-order valence-electron chi connectivity index (χ0n) is 8.13. The molecule has 0 saturated heterocycles. The highest BCUT2D eigenvalue weighted by Gasteiger charge is 2.23. The summed E-state index contributed by atoms with van der Waals surface area (Å²) in [5, 5.41) is 0. The van der Waals surface area contributed by atoms with Crippen LogP contribution in [0.3, 0.4) is 0 Å². The Balaban J connectivity index is 1.92. The van der Waals surface area contributed by atoms with E-state index >= 15 is 0 Å². The molecule has 15 heavy (non-hydrogen) atoms. The van der Waals surface area contributed by atoms with Crippen LogP contribution in [0.4, 0.5) is 5.69 Å². The monoisotopic (exact) mass is 201 g/mol. The largest absolute Gasteiger partial charge is 0.470 e. The summed E-state index contributed by atoms with van der Waals surface area (Å²) in [6, 6.07) is 5.74. The molecule has 1 atom stereocenters. The molecule has 2 aromatic rings. The summed E-state index contributed by atoms with van der Waals surface area (Å²) in [5.74, 6) is 0.919. The van der Waals surface area contributed by atoms with E-state index in [9.17, 15) is 0 Å². The fourth-order valence-corrected chi connectivity index (χ4v) is 1.86. The molecule has 0 fully saturated rings. The maximum absolute atomic E-state index is 5.77. The Bertz CT molecular complexity index is 479. The Morgan fingerprint density at radius 3 is 3.20 bits per heavy atom. The molecule has 0 spiro atoms. The molecule has 0 aliphatic carbocycles. The predicted molar refractivity (Wildman–Crippen MR) is 56.5 cm³/mol. The lowest BCUT2D eigenvalue weighted by molar-refractivity contribution is 0.160. The molecule has 0 saturated carbocycles. The molecule has 0 bridgehead atoms. The summed E-state index contributed by atoms with van der Waals surface area (Å²) in [6.45, 7) is 0. The van der Waals surface area contributed by atoms with E-state index in [0.717, 1.165) is 23.4 Å². The fourth-order valence-electron chi connectivity index (χ4n) is 1.86. The van der Waals surface area contributed by atoms with Gasteiger partial charge in [-0.05, 0) is 18.2 Å². The van der Waals surface area contributed by atoms with Crippen LogP contribution in [-0.4, -0.2) is 9.55 Å². The minimum atomic E-state index is 0.0179. The Labute approximate surface area is 87.3 Å². The zero-order valence-corrected chi connectivity index (χ0v) is 8.13. The van der Waals surface area contributed by atoms with Gasteiger partial charge in [0.2, 0.25) is 0 Å². The first-order valence-corrected chi connectivity index (χ1v) is 4.85. The van der Waals surface area contributed by atoms with Crippen LogP contribution in [0, 0.1) is 0 Å². The first-order chi connectivity index (χ1) is 7.33. The van der Waals surface area contributed by atoms with Gasteiger partial charge >= 0.3 is 0 Å².